The first-order valence-corrected chi connectivity index (χ1v) is 11.3. The second-order valence-electron chi connectivity index (χ2n) is 7.33. The average molecular weight is 387 g/mol. The van der Waals surface area contributed by atoms with Gasteiger partial charge in [-0.2, -0.15) is 0 Å². The zero-order valence-electron chi connectivity index (χ0n) is 15.4. The van der Waals surface area contributed by atoms with E-state index in [1.165, 1.54) is 0 Å². The van der Waals surface area contributed by atoms with E-state index in [0.717, 1.165) is 5.56 Å². The molecule has 0 saturated carbocycles. The van der Waals surface area contributed by atoms with Gasteiger partial charge in [-0.1, -0.05) is 49.7 Å². The molecule has 1 rings (SSSR count). The fourth-order valence-electron chi connectivity index (χ4n) is 1.76. The minimum absolute atomic E-state index is 0.0128. The van der Waals surface area contributed by atoms with Crippen molar-refractivity contribution in [3.05, 3.63) is 34.9 Å². The number of oxime groups is 1. The number of nitrogens with zero attached hydrogens (tertiary/aromatic N) is 1. The lowest BCUT2D eigenvalue weighted by molar-refractivity contribution is -0.145. The molecule has 0 unspecified atom stereocenters. The Labute approximate surface area is 155 Å². The minimum Gasteiger partial charge on any atom is -0.409 e. The highest BCUT2D eigenvalue weighted by Crippen LogP contribution is 2.40. The lowest BCUT2D eigenvalue weighted by atomic mass is 10.1. The number of aliphatic hydroxyl groups excluding tert-OH is 1. The SMILES string of the molecule is CC(C)(C)[Si](C)(C)O[C@@H](CC(=O)O/N=C(\N)CO)c1ccc(Cl)cc1. The van der Waals surface area contributed by atoms with Crippen molar-refractivity contribution in [3.8, 4) is 0 Å². The molecule has 0 heterocycles. The third-order valence-electron chi connectivity index (χ3n) is 4.26. The van der Waals surface area contributed by atoms with Crippen LogP contribution in [0, 0.1) is 0 Å². The Balaban J connectivity index is 3.00. The van der Waals surface area contributed by atoms with E-state index >= 15 is 0 Å². The second-order valence-corrected chi connectivity index (χ2v) is 12.5. The fraction of sp³-hybridized carbons (Fsp3) is 0.529. The molecule has 3 N–H and O–H groups in total. The van der Waals surface area contributed by atoms with E-state index in [-0.39, 0.29) is 17.3 Å². The minimum atomic E-state index is -2.12. The van der Waals surface area contributed by atoms with Crippen molar-refractivity contribution in [2.24, 2.45) is 10.9 Å². The van der Waals surface area contributed by atoms with Crippen LogP contribution in [0.1, 0.15) is 38.9 Å². The van der Waals surface area contributed by atoms with Crippen molar-refractivity contribution in [1.82, 2.24) is 0 Å². The highest BCUT2D eigenvalue weighted by Gasteiger charge is 2.40. The molecule has 1 aromatic rings. The Morgan fingerprint density at radius 2 is 1.88 bits per heavy atom. The molecule has 0 aromatic heterocycles. The molecule has 0 radical (unpaired) electrons. The molecule has 0 aliphatic rings. The van der Waals surface area contributed by atoms with Gasteiger partial charge in [-0.3, -0.25) is 0 Å². The zero-order valence-corrected chi connectivity index (χ0v) is 17.1. The van der Waals surface area contributed by atoms with E-state index in [4.69, 9.17) is 31.7 Å². The number of aliphatic hydroxyl groups is 1. The van der Waals surface area contributed by atoms with Crippen LogP contribution in [-0.4, -0.2) is 31.8 Å². The maximum Gasteiger partial charge on any atom is 0.338 e. The van der Waals surface area contributed by atoms with Gasteiger partial charge in [0.2, 0.25) is 0 Å². The first-order valence-electron chi connectivity index (χ1n) is 8.02. The van der Waals surface area contributed by atoms with Crippen LogP contribution in [-0.2, 0) is 14.1 Å². The van der Waals surface area contributed by atoms with Gasteiger partial charge < -0.3 is 20.1 Å². The summed E-state index contributed by atoms with van der Waals surface area (Å²) in [6, 6.07) is 7.18. The Morgan fingerprint density at radius 3 is 2.36 bits per heavy atom. The number of rotatable bonds is 7. The number of halogens is 1. The van der Waals surface area contributed by atoms with E-state index in [2.05, 4.69) is 39.0 Å². The average Bonchev–Trinajstić information content (AvgIpc) is 2.51. The van der Waals surface area contributed by atoms with Crippen LogP contribution in [0.25, 0.3) is 0 Å². The Bertz CT molecular complexity index is 612. The van der Waals surface area contributed by atoms with Crippen LogP contribution in [0.15, 0.2) is 29.4 Å². The smallest absolute Gasteiger partial charge is 0.338 e. The van der Waals surface area contributed by atoms with Gasteiger partial charge >= 0.3 is 5.97 Å². The molecular weight excluding hydrogens is 360 g/mol. The van der Waals surface area contributed by atoms with E-state index in [9.17, 15) is 4.79 Å². The summed E-state index contributed by atoms with van der Waals surface area (Å²) in [6.07, 6.45) is -0.493. The third-order valence-corrected chi connectivity index (χ3v) is 9.00. The van der Waals surface area contributed by atoms with Crippen LogP contribution in [0.5, 0.6) is 0 Å². The van der Waals surface area contributed by atoms with Gasteiger partial charge in [-0.25, -0.2) is 4.79 Å². The van der Waals surface area contributed by atoms with Crippen LogP contribution >= 0.6 is 11.6 Å². The lowest BCUT2D eigenvalue weighted by Crippen LogP contribution is -2.42. The molecule has 0 spiro atoms. The van der Waals surface area contributed by atoms with Gasteiger partial charge in [-0.05, 0) is 35.8 Å². The number of hydrogen-bond donors (Lipinski definition) is 2. The summed E-state index contributed by atoms with van der Waals surface area (Å²) in [7, 11) is -2.12. The summed E-state index contributed by atoms with van der Waals surface area (Å²) in [5.41, 5.74) is 6.16. The van der Waals surface area contributed by atoms with E-state index in [0.29, 0.717) is 5.02 Å². The van der Waals surface area contributed by atoms with Crippen molar-refractivity contribution in [3.63, 3.8) is 0 Å². The maximum absolute atomic E-state index is 12.1. The van der Waals surface area contributed by atoms with Crippen LogP contribution < -0.4 is 5.73 Å². The molecule has 0 aliphatic heterocycles. The standard InChI is InChI=1S/C17H27ClN2O4Si/c1-17(2,3)25(4,5)24-14(12-6-8-13(18)9-7-12)10-16(22)23-20-15(19)11-21/h6-9,14,21H,10-11H2,1-5H3,(H2,19,20)/t14-/m0/s1. The van der Waals surface area contributed by atoms with Crippen molar-refractivity contribution in [2.75, 3.05) is 6.61 Å². The third kappa shape index (κ3) is 6.78. The molecule has 6 nitrogen and oxygen atoms in total. The van der Waals surface area contributed by atoms with Gasteiger partial charge in [-0.15, -0.1) is 0 Å². The predicted octanol–water partition coefficient (Wildman–Crippen LogP) is 3.60. The monoisotopic (exact) mass is 386 g/mol. The molecule has 25 heavy (non-hydrogen) atoms. The van der Waals surface area contributed by atoms with Gasteiger partial charge in [0.1, 0.15) is 6.61 Å². The van der Waals surface area contributed by atoms with Crippen LogP contribution in [0.2, 0.25) is 23.2 Å². The van der Waals surface area contributed by atoms with Crippen molar-refractivity contribution in [2.45, 2.75) is 51.4 Å². The molecule has 0 aliphatic carbocycles. The van der Waals surface area contributed by atoms with E-state index in [1.807, 2.05) is 12.1 Å². The van der Waals surface area contributed by atoms with Crippen molar-refractivity contribution < 1.29 is 19.2 Å². The maximum atomic E-state index is 12.1. The topological polar surface area (TPSA) is 94.1 Å². The van der Waals surface area contributed by atoms with Crippen LogP contribution in [0.3, 0.4) is 0 Å². The summed E-state index contributed by atoms with van der Waals surface area (Å²) in [5.74, 6) is -0.753. The van der Waals surface area contributed by atoms with Crippen molar-refractivity contribution >= 4 is 31.7 Å². The number of carbonyl (C=O) groups is 1. The predicted molar refractivity (Wildman–Crippen MR) is 102 cm³/mol. The molecule has 0 saturated heterocycles. The van der Waals surface area contributed by atoms with Crippen molar-refractivity contribution in [1.29, 1.82) is 0 Å². The molecule has 1 aromatic carbocycles. The largest absolute Gasteiger partial charge is 0.409 e. The number of benzene rings is 1. The molecule has 140 valence electrons. The molecule has 0 fully saturated rings. The molecule has 0 bridgehead atoms. The number of carbonyl (C=O) groups excluding carboxylic acids is 1. The summed E-state index contributed by atoms with van der Waals surface area (Å²) in [5, 5.41) is 12.8. The summed E-state index contributed by atoms with van der Waals surface area (Å²) < 4.78 is 6.40. The number of nitrogens with two attached hydrogens (primary N) is 1. The summed E-state index contributed by atoms with van der Waals surface area (Å²) >= 11 is 5.95. The molecule has 0 amide bonds. The normalized spacial score (nSPS) is 14.3. The van der Waals surface area contributed by atoms with E-state index in [1.54, 1.807) is 12.1 Å². The van der Waals surface area contributed by atoms with Gasteiger partial charge in [0.15, 0.2) is 14.2 Å². The Kier molecular flexibility index (Phi) is 7.61. The Morgan fingerprint density at radius 1 is 1.32 bits per heavy atom. The first-order chi connectivity index (χ1) is 11.5. The first kappa shape index (κ1) is 21.6. The molecule has 8 heteroatoms. The number of amidine groups is 1. The fourth-order valence-corrected chi connectivity index (χ4v) is 3.17. The molecule has 1 atom stereocenters. The second kappa shape index (κ2) is 8.80. The van der Waals surface area contributed by atoms with E-state index < -0.39 is 27.0 Å². The highest BCUT2D eigenvalue weighted by molar-refractivity contribution is 6.74. The van der Waals surface area contributed by atoms with Gasteiger partial charge in [0.25, 0.3) is 0 Å². The molecular formula is C17H27ClN2O4Si. The highest BCUT2D eigenvalue weighted by atomic mass is 35.5. The number of hydrogen-bond acceptors (Lipinski definition) is 5. The summed E-state index contributed by atoms with van der Waals surface area (Å²) in [4.78, 5) is 16.8. The quantitative estimate of drug-likeness (QED) is 0.245. The zero-order chi connectivity index (χ0) is 19.3. The van der Waals surface area contributed by atoms with Gasteiger partial charge in [0, 0.05) is 5.02 Å². The lowest BCUT2D eigenvalue weighted by Gasteiger charge is -2.39. The Hall–Kier alpha value is -1.41. The van der Waals surface area contributed by atoms with Gasteiger partial charge in [0.05, 0.1) is 12.5 Å². The summed E-state index contributed by atoms with van der Waals surface area (Å²) in [6.45, 7) is 10.1. The van der Waals surface area contributed by atoms with Crippen LogP contribution in [0.4, 0.5) is 0 Å².